The van der Waals surface area contributed by atoms with E-state index < -0.39 is 0 Å². The Morgan fingerprint density at radius 1 is 1.21 bits per heavy atom. The lowest BCUT2D eigenvalue weighted by Crippen LogP contribution is -2.47. The molecule has 1 aliphatic heterocycles. The molecule has 0 radical (unpaired) electrons. The molecule has 1 aliphatic rings. The van der Waals surface area contributed by atoms with Crippen LogP contribution in [-0.4, -0.2) is 25.9 Å². The van der Waals surface area contributed by atoms with Gasteiger partial charge in [-0.2, -0.15) is 0 Å². The zero-order chi connectivity index (χ0) is 13.9. The quantitative estimate of drug-likeness (QED) is 0.855. The number of nitrogens with one attached hydrogen (secondary N) is 1. The Labute approximate surface area is 116 Å². The first kappa shape index (κ1) is 14.4. The van der Waals surface area contributed by atoms with Crippen molar-refractivity contribution in [3.63, 3.8) is 0 Å². The maximum atomic E-state index is 5.65. The average Bonchev–Trinajstić information content (AvgIpc) is 2.34. The van der Waals surface area contributed by atoms with E-state index in [0.717, 1.165) is 25.5 Å². The highest BCUT2D eigenvalue weighted by atomic mass is 16.5. The van der Waals surface area contributed by atoms with Gasteiger partial charge in [0.25, 0.3) is 0 Å². The van der Waals surface area contributed by atoms with Crippen molar-refractivity contribution in [2.45, 2.75) is 39.8 Å². The van der Waals surface area contributed by atoms with Crippen LogP contribution in [0.1, 0.15) is 39.3 Å². The highest BCUT2D eigenvalue weighted by Gasteiger charge is 2.33. The summed E-state index contributed by atoms with van der Waals surface area (Å²) in [4.78, 5) is 0. The van der Waals surface area contributed by atoms with Crippen LogP contribution in [0.2, 0.25) is 0 Å². The molecular weight excluding hydrogens is 238 g/mol. The van der Waals surface area contributed by atoms with Gasteiger partial charge in [0.2, 0.25) is 0 Å². The van der Waals surface area contributed by atoms with Crippen LogP contribution in [0.25, 0.3) is 0 Å². The summed E-state index contributed by atoms with van der Waals surface area (Å²) in [5, 5.41) is 3.58. The number of ether oxygens (including phenoxy) is 2. The molecule has 3 heteroatoms. The third-order valence-corrected chi connectivity index (χ3v) is 3.49. The lowest BCUT2D eigenvalue weighted by Gasteiger charge is -2.39. The topological polar surface area (TPSA) is 30.5 Å². The molecule has 0 amide bonds. The molecular formula is C16H25NO2. The molecule has 1 unspecified atom stereocenters. The first-order valence-corrected chi connectivity index (χ1v) is 7.06. The largest absolute Gasteiger partial charge is 0.491 e. The lowest BCUT2D eigenvalue weighted by atomic mass is 9.88. The molecule has 3 nitrogen and oxygen atoms in total. The van der Waals surface area contributed by atoms with E-state index >= 15 is 0 Å². The molecule has 106 valence electrons. The summed E-state index contributed by atoms with van der Waals surface area (Å²) < 4.78 is 10.9. The molecule has 19 heavy (non-hydrogen) atoms. The van der Waals surface area contributed by atoms with Gasteiger partial charge >= 0.3 is 0 Å². The minimum absolute atomic E-state index is 0.222. The van der Waals surface area contributed by atoms with Gasteiger partial charge < -0.3 is 14.8 Å². The van der Waals surface area contributed by atoms with Gasteiger partial charge in [-0.1, -0.05) is 19.1 Å². The molecule has 0 bridgehead atoms. The van der Waals surface area contributed by atoms with Gasteiger partial charge in [-0.3, -0.25) is 0 Å². The number of hydrogen-bond donors (Lipinski definition) is 1. The van der Waals surface area contributed by atoms with Gasteiger partial charge in [-0.25, -0.2) is 0 Å². The Kier molecular flexibility index (Phi) is 4.48. The van der Waals surface area contributed by atoms with Gasteiger partial charge in [0, 0.05) is 18.0 Å². The van der Waals surface area contributed by atoms with Crippen molar-refractivity contribution in [3.8, 4) is 5.75 Å². The molecule has 1 aromatic carbocycles. The number of benzene rings is 1. The molecule has 1 fully saturated rings. The van der Waals surface area contributed by atoms with E-state index in [4.69, 9.17) is 9.47 Å². The Morgan fingerprint density at radius 2 is 1.84 bits per heavy atom. The summed E-state index contributed by atoms with van der Waals surface area (Å²) in [5.74, 6) is 0.935. The Bertz CT molecular complexity index is 396. The first-order valence-electron chi connectivity index (χ1n) is 7.06. The molecule has 1 aromatic rings. The second kappa shape index (κ2) is 5.93. The smallest absolute Gasteiger partial charge is 0.119 e. The second-order valence-electron chi connectivity index (χ2n) is 6.14. The first-order chi connectivity index (χ1) is 8.98. The van der Waals surface area contributed by atoms with E-state index in [0.29, 0.717) is 11.5 Å². The van der Waals surface area contributed by atoms with Crippen molar-refractivity contribution < 1.29 is 9.47 Å². The molecule has 0 saturated carbocycles. The monoisotopic (exact) mass is 263 g/mol. The zero-order valence-corrected chi connectivity index (χ0v) is 12.4. The third kappa shape index (κ3) is 3.95. The zero-order valence-electron chi connectivity index (χ0n) is 12.4. The summed E-state index contributed by atoms with van der Waals surface area (Å²) in [6.07, 6.45) is 0.222. The lowest BCUT2D eigenvalue weighted by molar-refractivity contribution is -0.0999. The summed E-state index contributed by atoms with van der Waals surface area (Å²) in [6.45, 7) is 11.3. The maximum Gasteiger partial charge on any atom is 0.119 e. The minimum Gasteiger partial charge on any atom is -0.491 e. The van der Waals surface area contributed by atoms with E-state index in [2.05, 4.69) is 31.3 Å². The summed E-state index contributed by atoms with van der Waals surface area (Å²) >= 11 is 0. The predicted octanol–water partition coefficient (Wildman–Crippen LogP) is 3.16. The maximum absolute atomic E-state index is 5.65. The highest BCUT2D eigenvalue weighted by molar-refractivity contribution is 5.29. The third-order valence-electron chi connectivity index (χ3n) is 3.49. The van der Waals surface area contributed by atoms with Crippen molar-refractivity contribution in [1.29, 1.82) is 0 Å². The van der Waals surface area contributed by atoms with Gasteiger partial charge in [0.1, 0.15) is 5.75 Å². The molecule has 0 spiro atoms. The number of hydrogen-bond acceptors (Lipinski definition) is 3. The van der Waals surface area contributed by atoms with Crippen molar-refractivity contribution in [2.24, 2.45) is 5.41 Å². The van der Waals surface area contributed by atoms with Crippen molar-refractivity contribution in [3.05, 3.63) is 29.8 Å². The van der Waals surface area contributed by atoms with Gasteiger partial charge in [0.05, 0.1) is 19.3 Å². The highest BCUT2D eigenvalue weighted by Crippen LogP contribution is 2.26. The second-order valence-corrected chi connectivity index (χ2v) is 6.14. The molecule has 1 N–H and O–H groups in total. The van der Waals surface area contributed by atoms with Crippen LogP contribution >= 0.6 is 0 Å². The van der Waals surface area contributed by atoms with Crippen LogP contribution < -0.4 is 10.1 Å². The normalized spacial score (nSPS) is 19.0. The minimum atomic E-state index is 0.222. The molecule has 1 heterocycles. The molecule has 0 aliphatic carbocycles. The Hall–Kier alpha value is -1.06. The van der Waals surface area contributed by atoms with Crippen LogP contribution in [-0.2, 0) is 4.74 Å². The van der Waals surface area contributed by atoms with Gasteiger partial charge in [0.15, 0.2) is 0 Å². The van der Waals surface area contributed by atoms with Crippen molar-refractivity contribution in [2.75, 3.05) is 19.8 Å². The molecule has 1 atom stereocenters. The summed E-state index contributed by atoms with van der Waals surface area (Å²) in [7, 11) is 0. The summed E-state index contributed by atoms with van der Waals surface area (Å²) in [6, 6.07) is 8.71. The Morgan fingerprint density at radius 3 is 2.32 bits per heavy atom. The SMILES string of the molecule is CC(C)Oc1ccc(C(C)NCC2(C)COC2)cc1. The van der Waals surface area contributed by atoms with Gasteiger partial charge in [-0.05, 0) is 38.5 Å². The standard InChI is InChI=1S/C16H25NO2/c1-12(2)19-15-7-5-14(6-8-15)13(3)17-9-16(4)10-18-11-16/h5-8,12-13,17H,9-11H2,1-4H3. The average molecular weight is 263 g/mol. The molecule has 2 rings (SSSR count). The van der Waals surface area contributed by atoms with Crippen LogP contribution in [0.4, 0.5) is 0 Å². The van der Waals surface area contributed by atoms with E-state index in [-0.39, 0.29) is 6.10 Å². The van der Waals surface area contributed by atoms with Crippen LogP contribution in [0.15, 0.2) is 24.3 Å². The van der Waals surface area contributed by atoms with Crippen molar-refractivity contribution >= 4 is 0 Å². The van der Waals surface area contributed by atoms with E-state index in [1.54, 1.807) is 0 Å². The fourth-order valence-corrected chi connectivity index (χ4v) is 2.18. The predicted molar refractivity (Wildman–Crippen MR) is 77.5 cm³/mol. The molecule has 1 saturated heterocycles. The Balaban J connectivity index is 1.86. The summed E-state index contributed by atoms with van der Waals surface area (Å²) in [5.41, 5.74) is 1.61. The van der Waals surface area contributed by atoms with E-state index in [9.17, 15) is 0 Å². The van der Waals surface area contributed by atoms with Crippen molar-refractivity contribution in [1.82, 2.24) is 5.32 Å². The fraction of sp³-hybridized carbons (Fsp3) is 0.625. The number of rotatable bonds is 6. The van der Waals surface area contributed by atoms with Crippen LogP contribution in [0.5, 0.6) is 5.75 Å². The van der Waals surface area contributed by atoms with E-state index in [1.807, 2.05) is 26.0 Å². The van der Waals surface area contributed by atoms with Crippen LogP contribution in [0.3, 0.4) is 0 Å². The molecule has 0 aromatic heterocycles. The fourth-order valence-electron chi connectivity index (χ4n) is 2.18. The van der Waals surface area contributed by atoms with Crippen LogP contribution in [0, 0.1) is 5.41 Å². The van der Waals surface area contributed by atoms with Gasteiger partial charge in [-0.15, -0.1) is 0 Å². The van der Waals surface area contributed by atoms with E-state index in [1.165, 1.54) is 5.56 Å².